The maximum Gasteiger partial charge on any atom is 0.241 e. The molecule has 2 aromatic carbocycles. The van der Waals surface area contributed by atoms with Crippen LogP contribution in [0.15, 0.2) is 48.5 Å². The van der Waals surface area contributed by atoms with E-state index in [4.69, 9.17) is 16.9 Å². The van der Waals surface area contributed by atoms with Crippen LogP contribution < -0.4 is 9.62 Å². The smallest absolute Gasteiger partial charge is 0.241 e. The van der Waals surface area contributed by atoms with Crippen molar-refractivity contribution in [3.8, 4) is 6.07 Å². The van der Waals surface area contributed by atoms with Crippen molar-refractivity contribution in [3.63, 3.8) is 0 Å². The first-order chi connectivity index (χ1) is 12.2. The lowest BCUT2D eigenvalue weighted by molar-refractivity contribution is -0.120. The molecule has 0 aliphatic heterocycles. The average molecular weight is 392 g/mol. The second kappa shape index (κ2) is 8.21. The molecule has 0 aliphatic rings. The molecule has 2 aromatic rings. The number of carbonyl (C=O) groups is 1. The zero-order chi connectivity index (χ0) is 19.3. The molecule has 0 heterocycles. The SMILES string of the molecule is CC(NC(=O)CN(c1cccc(C#N)c1)S(C)(=O)=O)c1ccc(Cl)cc1. The molecule has 6 nitrogen and oxygen atoms in total. The van der Waals surface area contributed by atoms with Gasteiger partial charge in [-0.25, -0.2) is 8.42 Å². The average Bonchev–Trinajstić information content (AvgIpc) is 2.59. The maximum absolute atomic E-state index is 12.4. The van der Waals surface area contributed by atoms with Crippen LogP contribution in [0.5, 0.6) is 0 Å². The maximum atomic E-state index is 12.4. The summed E-state index contributed by atoms with van der Waals surface area (Å²) in [5.41, 5.74) is 1.42. The van der Waals surface area contributed by atoms with Crippen molar-refractivity contribution in [1.29, 1.82) is 5.26 Å². The summed E-state index contributed by atoms with van der Waals surface area (Å²) in [6.45, 7) is 1.41. The van der Waals surface area contributed by atoms with E-state index >= 15 is 0 Å². The minimum Gasteiger partial charge on any atom is -0.348 e. The molecule has 26 heavy (non-hydrogen) atoms. The van der Waals surface area contributed by atoms with Crippen molar-refractivity contribution in [3.05, 3.63) is 64.7 Å². The molecule has 0 bridgehead atoms. The minimum absolute atomic E-state index is 0.265. The predicted octanol–water partition coefficient (Wildman–Crippen LogP) is 2.86. The molecule has 0 radical (unpaired) electrons. The van der Waals surface area contributed by atoms with E-state index in [1.54, 1.807) is 43.3 Å². The van der Waals surface area contributed by atoms with Crippen LogP contribution in [-0.4, -0.2) is 27.1 Å². The Bertz CT molecular complexity index is 937. The summed E-state index contributed by atoms with van der Waals surface area (Å²) in [5, 5.41) is 12.3. The zero-order valence-electron chi connectivity index (χ0n) is 14.3. The Morgan fingerprint density at radius 2 is 1.92 bits per heavy atom. The number of nitriles is 1. The number of anilines is 1. The van der Waals surface area contributed by atoms with E-state index in [2.05, 4.69) is 5.32 Å². The molecule has 136 valence electrons. The summed E-state index contributed by atoms with van der Waals surface area (Å²) >= 11 is 5.85. The van der Waals surface area contributed by atoms with E-state index in [-0.39, 0.29) is 18.3 Å². The first-order valence-corrected chi connectivity index (χ1v) is 9.96. The van der Waals surface area contributed by atoms with Crippen molar-refractivity contribution in [2.24, 2.45) is 0 Å². The van der Waals surface area contributed by atoms with E-state index in [9.17, 15) is 13.2 Å². The molecule has 0 saturated heterocycles. The van der Waals surface area contributed by atoms with E-state index < -0.39 is 15.9 Å². The largest absolute Gasteiger partial charge is 0.348 e. The van der Waals surface area contributed by atoms with Gasteiger partial charge in [0.25, 0.3) is 0 Å². The van der Waals surface area contributed by atoms with Gasteiger partial charge in [-0.1, -0.05) is 29.8 Å². The Kier molecular flexibility index (Phi) is 6.24. The topological polar surface area (TPSA) is 90.3 Å². The highest BCUT2D eigenvalue weighted by molar-refractivity contribution is 7.92. The normalized spacial score (nSPS) is 12.1. The zero-order valence-corrected chi connectivity index (χ0v) is 15.9. The number of amides is 1. The van der Waals surface area contributed by atoms with Crippen LogP contribution in [0.3, 0.4) is 0 Å². The third-order valence-electron chi connectivity index (χ3n) is 3.70. The summed E-state index contributed by atoms with van der Waals surface area (Å²) in [7, 11) is -3.70. The van der Waals surface area contributed by atoms with E-state index in [1.165, 1.54) is 12.1 Å². The molecule has 8 heteroatoms. The van der Waals surface area contributed by atoms with E-state index in [0.717, 1.165) is 16.1 Å². The van der Waals surface area contributed by atoms with Gasteiger partial charge < -0.3 is 5.32 Å². The van der Waals surface area contributed by atoms with Gasteiger partial charge in [-0.2, -0.15) is 5.26 Å². The molecule has 0 aliphatic carbocycles. The van der Waals surface area contributed by atoms with Gasteiger partial charge in [0.15, 0.2) is 0 Å². The summed E-state index contributed by atoms with van der Waals surface area (Å²) < 4.78 is 25.2. The third kappa shape index (κ3) is 5.22. The fraction of sp³-hybridized carbons (Fsp3) is 0.222. The van der Waals surface area contributed by atoms with Gasteiger partial charge in [0.2, 0.25) is 15.9 Å². The van der Waals surface area contributed by atoms with Crippen LogP contribution in [0.25, 0.3) is 0 Å². The number of halogens is 1. The Hall–Kier alpha value is -2.56. The number of carbonyl (C=O) groups excluding carboxylic acids is 1. The minimum atomic E-state index is -3.70. The lowest BCUT2D eigenvalue weighted by Gasteiger charge is -2.23. The number of benzene rings is 2. The standard InChI is InChI=1S/C18H18ClN3O3S/c1-13(15-6-8-16(19)9-7-15)21-18(23)12-22(26(2,24)25)17-5-3-4-14(10-17)11-20/h3-10,13H,12H2,1-2H3,(H,21,23). The van der Waals surface area contributed by atoms with Gasteiger partial charge >= 0.3 is 0 Å². The van der Waals surface area contributed by atoms with Crippen LogP contribution in [0.4, 0.5) is 5.69 Å². The highest BCUT2D eigenvalue weighted by atomic mass is 35.5. The fourth-order valence-electron chi connectivity index (χ4n) is 2.38. The lowest BCUT2D eigenvalue weighted by atomic mass is 10.1. The van der Waals surface area contributed by atoms with Crippen molar-refractivity contribution in [2.45, 2.75) is 13.0 Å². The van der Waals surface area contributed by atoms with Crippen molar-refractivity contribution in [2.75, 3.05) is 17.1 Å². The molecular formula is C18H18ClN3O3S. The molecule has 1 unspecified atom stereocenters. The second-order valence-corrected chi connectivity index (χ2v) is 8.12. The monoisotopic (exact) mass is 391 g/mol. The Balaban J connectivity index is 2.16. The lowest BCUT2D eigenvalue weighted by Crippen LogP contribution is -2.41. The van der Waals surface area contributed by atoms with Gasteiger partial charge in [0.1, 0.15) is 6.54 Å². The number of rotatable bonds is 6. The van der Waals surface area contributed by atoms with Crippen molar-refractivity contribution < 1.29 is 13.2 Å². The third-order valence-corrected chi connectivity index (χ3v) is 5.09. The summed E-state index contributed by atoms with van der Waals surface area (Å²) in [5.74, 6) is -0.458. The van der Waals surface area contributed by atoms with Gasteiger partial charge in [0, 0.05) is 5.02 Å². The van der Waals surface area contributed by atoms with Gasteiger partial charge in [-0.05, 0) is 42.8 Å². The molecule has 1 atom stereocenters. The molecule has 0 fully saturated rings. The second-order valence-electron chi connectivity index (χ2n) is 5.77. The van der Waals surface area contributed by atoms with E-state index in [1.807, 2.05) is 6.07 Å². The molecule has 0 saturated carbocycles. The molecule has 0 spiro atoms. The molecular weight excluding hydrogens is 374 g/mol. The van der Waals surface area contributed by atoms with Crippen LogP contribution in [0.2, 0.25) is 5.02 Å². The highest BCUT2D eigenvalue weighted by Gasteiger charge is 2.22. The Morgan fingerprint density at radius 3 is 2.50 bits per heavy atom. The molecule has 1 amide bonds. The van der Waals surface area contributed by atoms with E-state index in [0.29, 0.717) is 10.6 Å². The highest BCUT2D eigenvalue weighted by Crippen LogP contribution is 2.20. The first-order valence-electron chi connectivity index (χ1n) is 7.73. The number of hydrogen-bond donors (Lipinski definition) is 1. The van der Waals surface area contributed by atoms with Gasteiger partial charge in [-0.15, -0.1) is 0 Å². The molecule has 2 rings (SSSR count). The number of sulfonamides is 1. The van der Waals surface area contributed by atoms with Crippen molar-refractivity contribution >= 4 is 33.2 Å². The molecule has 1 N–H and O–H groups in total. The fourth-order valence-corrected chi connectivity index (χ4v) is 3.36. The summed E-state index contributed by atoms with van der Waals surface area (Å²) in [6, 6.07) is 14.8. The number of nitrogens with one attached hydrogen (secondary N) is 1. The van der Waals surface area contributed by atoms with Crippen LogP contribution in [0.1, 0.15) is 24.1 Å². The summed E-state index contributed by atoms with van der Waals surface area (Å²) in [4.78, 5) is 12.4. The number of nitrogens with zero attached hydrogens (tertiary/aromatic N) is 2. The van der Waals surface area contributed by atoms with Crippen LogP contribution >= 0.6 is 11.6 Å². The van der Waals surface area contributed by atoms with Gasteiger partial charge in [-0.3, -0.25) is 9.10 Å². The number of hydrogen-bond acceptors (Lipinski definition) is 4. The van der Waals surface area contributed by atoms with Crippen LogP contribution in [0, 0.1) is 11.3 Å². The first kappa shape index (κ1) is 19.8. The summed E-state index contributed by atoms with van der Waals surface area (Å²) in [6.07, 6.45) is 1.02. The molecule has 0 aromatic heterocycles. The Labute approximate surface area is 158 Å². The Morgan fingerprint density at radius 1 is 1.27 bits per heavy atom. The quantitative estimate of drug-likeness (QED) is 0.819. The van der Waals surface area contributed by atoms with Gasteiger partial charge in [0.05, 0.1) is 29.6 Å². The van der Waals surface area contributed by atoms with Crippen molar-refractivity contribution in [1.82, 2.24) is 5.32 Å². The predicted molar refractivity (Wildman–Crippen MR) is 101 cm³/mol. The van der Waals surface area contributed by atoms with Crippen LogP contribution in [-0.2, 0) is 14.8 Å².